The highest BCUT2D eigenvalue weighted by Gasteiger charge is 2.36. The number of allylic oxidation sites excluding steroid dienone is 9. The first kappa shape index (κ1) is 30.0. The van der Waals surface area contributed by atoms with E-state index in [2.05, 4.69) is 189 Å². The van der Waals surface area contributed by atoms with Gasteiger partial charge in [0, 0.05) is 22.5 Å². The minimum atomic E-state index is -0.106. The van der Waals surface area contributed by atoms with E-state index in [0.717, 1.165) is 30.6 Å². The van der Waals surface area contributed by atoms with E-state index >= 15 is 0 Å². The maximum atomic E-state index is 2.41. The summed E-state index contributed by atoms with van der Waals surface area (Å²) in [4.78, 5) is 2.35. The highest BCUT2D eigenvalue weighted by atomic mass is 15.1. The molecule has 1 unspecified atom stereocenters. The van der Waals surface area contributed by atoms with Gasteiger partial charge in [-0.15, -0.1) is 0 Å². The summed E-state index contributed by atoms with van der Waals surface area (Å²) in [5.74, 6) is 0.397. The van der Waals surface area contributed by atoms with Gasteiger partial charge in [-0.1, -0.05) is 147 Å². The van der Waals surface area contributed by atoms with Crippen molar-refractivity contribution < 1.29 is 0 Å². The Morgan fingerprint density at radius 2 is 1.23 bits per heavy atom. The van der Waals surface area contributed by atoms with Crippen molar-refractivity contribution in [1.82, 2.24) is 0 Å². The zero-order chi connectivity index (χ0) is 32.5. The second-order valence-corrected chi connectivity index (χ2v) is 13.7. The summed E-state index contributed by atoms with van der Waals surface area (Å²) in [5, 5.41) is 0. The second kappa shape index (κ2) is 12.7. The molecule has 1 nitrogen and oxygen atoms in total. The molecule has 0 spiro atoms. The van der Waals surface area contributed by atoms with Crippen LogP contribution in [-0.2, 0) is 5.41 Å². The number of para-hydroxylation sites is 2. The van der Waals surface area contributed by atoms with E-state index in [1.807, 2.05) is 0 Å². The Morgan fingerprint density at radius 1 is 0.604 bits per heavy atom. The fraction of sp³-hybridized carbons (Fsp3) is 0.149. The first-order chi connectivity index (χ1) is 23.5. The van der Waals surface area contributed by atoms with Crippen LogP contribution >= 0.6 is 0 Å². The van der Waals surface area contributed by atoms with Crippen molar-refractivity contribution in [2.24, 2.45) is 5.92 Å². The number of hydrogen-bond donors (Lipinski definition) is 0. The van der Waals surface area contributed by atoms with E-state index in [9.17, 15) is 0 Å². The average molecular weight is 620 g/mol. The lowest BCUT2D eigenvalue weighted by atomic mass is 9.81. The predicted octanol–water partition coefficient (Wildman–Crippen LogP) is 12.9. The summed E-state index contributed by atoms with van der Waals surface area (Å²) in [6.07, 6.45) is 21.9. The summed E-state index contributed by atoms with van der Waals surface area (Å²) in [6.45, 7) is 4.74. The van der Waals surface area contributed by atoms with E-state index in [1.165, 1.54) is 55.8 Å². The van der Waals surface area contributed by atoms with Crippen molar-refractivity contribution in [3.05, 3.63) is 192 Å². The predicted molar refractivity (Wildman–Crippen MR) is 206 cm³/mol. The maximum absolute atomic E-state index is 2.41. The summed E-state index contributed by atoms with van der Waals surface area (Å²) in [5.41, 5.74) is 15.3. The monoisotopic (exact) mass is 619 g/mol. The Labute approximate surface area is 285 Å². The summed E-state index contributed by atoms with van der Waals surface area (Å²) >= 11 is 0. The third kappa shape index (κ3) is 5.71. The molecule has 0 saturated heterocycles. The fourth-order valence-corrected chi connectivity index (χ4v) is 7.50. The van der Waals surface area contributed by atoms with E-state index < -0.39 is 0 Å². The normalized spacial score (nSPS) is 17.5. The zero-order valence-corrected chi connectivity index (χ0v) is 27.8. The van der Waals surface area contributed by atoms with Gasteiger partial charge in [0.05, 0.1) is 0 Å². The third-order valence-electron chi connectivity index (χ3n) is 10.2. The first-order valence-electron chi connectivity index (χ1n) is 17.3. The molecule has 3 aliphatic rings. The Hall–Kier alpha value is -5.40. The average Bonchev–Trinajstić information content (AvgIpc) is 3.37. The lowest BCUT2D eigenvalue weighted by molar-refractivity contribution is 0.660. The molecule has 0 aliphatic heterocycles. The zero-order valence-electron chi connectivity index (χ0n) is 27.8. The molecular formula is C47H41N. The standard InChI is InChI=1S/C47H41N/c1-47(2)45-32-35(19-18-34-20-23-37(24-21-34)39-27-25-38(26-28-39)36-12-6-3-7-13-36)22-30-43(45)44-31-29-42(33-46(44)47)48(40-14-8-4-9-15-40)41-16-10-5-11-17-41/h4-6,8-20,22-34H,3,7,21H2,1-2H3/b19-18+. The van der Waals surface area contributed by atoms with Gasteiger partial charge in [0.15, 0.2) is 0 Å². The van der Waals surface area contributed by atoms with Crippen molar-refractivity contribution in [3.8, 4) is 11.1 Å². The van der Waals surface area contributed by atoms with Gasteiger partial charge >= 0.3 is 0 Å². The molecule has 0 saturated carbocycles. The van der Waals surface area contributed by atoms with E-state index in [-0.39, 0.29) is 5.41 Å². The molecule has 8 rings (SSSR count). The van der Waals surface area contributed by atoms with Crippen LogP contribution in [0.4, 0.5) is 17.1 Å². The summed E-state index contributed by atoms with van der Waals surface area (Å²) < 4.78 is 0. The molecule has 1 heteroatoms. The minimum Gasteiger partial charge on any atom is -0.310 e. The number of hydrogen-bond acceptors (Lipinski definition) is 1. The van der Waals surface area contributed by atoms with Gasteiger partial charge in [0.1, 0.15) is 0 Å². The smallest absolute Gasteiger partial charge is 0.0465 e. The number of fused-ring (bicyclic) bond motifs is 3. The van der Waals surface area contributed by atoms with Crippen LogP contribution in [0.5, 0.6) is 0 Å². The van der Waals surface area contributed by atoms with Gasteiger partial charge in [0.2, 0.25) is 0 Å². The molecule has 5 aromatic carbocycles. The molecule has 0 heterocycles. The molecule has 0 bridgehead atoms. The van der Waals surface area contributed by atoms with E-state index in [4.69, 9.17) is 0 Å². The molecule has 5 aromatic rings. The van der Waals surface area contributed by atoms with Crippen LogP contribution in [0.1, 0.15) is 60.9 Å². The Bertz CT molecular complexity index is 2060. The van der Waals surface area contributed by atoms with Gasteiger partial charge < -0.3 is 4.90 Å². The van der Waals surface area contributed by atoms with E-state index in [1.54, 1.807) is 0 Å². The number of rotatable bonds is 7. The fourth-order valence-electron chi connectivity index (χ4n) is 7.50. The van der Waals surface area contributed by atoms with Crippen LogP contribution < -0.4 is 4.90 Å². The topological polar surface area (TPSA) is 3.24 Å². The van der Waals surface area contributed by atoms with Gasteiger partial charge in [0.25, 0.3) is 0 Å². The first-order valence-corrected chi connectivity index (χ1v) is 17.3. The quantitative estimate of drug-likeness (QED) is 0.175. The number of nitrogens with zero attached hydrogens (tertiary/aromatic N) is 1. The highest BCUT2D eigenvalue weighted by molar-refractivity contribution is 5.86. The third-order valence-corrected chi connectivity index (χ3v) is 10.2. The van der Waals surface area contributed by atoms with Crippen LogP contribution in [0, 0.1) is 5.92 Å². The molecule has 1 atom stereocenters. The second-order valence-electron chi connectivity index (χ2n) is 13.7. The van der Waals surface area contributed by atoms with Crippen LogP contribution in [0.3, 0.4) is 0 Å². The van der Waals surface area contributed by atoms with Gasteiger partial charge in [-0.3, -0.25) is 0 Å². The van der Waals surface area contributed by atoms with Crippen molar-refractivity contribution in [3.63, 3.8) is 0 Å². The highest BCUT2D eigenvalue weighted by Crippen LogP contribution is 2.51. The van der Waals surface area contributed by atoms with Crippen LogP contribution in [0.2, 0.25) is 0 Å². The molecular weight excluding hydrogens is 579 g/mol. The Kier molecular flexibility index (Phi) is 7.90. The maximum Gasteiger partial charge on any atom is 0.0465 e. The lowest BCUT2D eigenvalue weighted by Crippen LogP contribution is -2.16. The van der Waals surface area contributed by atoms with Crippen molar-refractivity contribution in [2.45, 2.75) is 38.5 Å². The van der Waals surface area contributed by atoms with E-state index in [0.29, 0.717) is 5.92 Å². The number of anilines is 3. The van der Waals surface area contributed by atoms with Crippen molar-refractivity contribution >= 4 is 34.3 Å². The van der Waals surface area contributed by atoms with Gasteiger partial charge in [-0.25, -0.2) is 0 Å². The number of benzene rings is 5. The Balaban J connectivity index is 1.00. The molecule has 0 amide bonds. The van der Waals surface area contributed by atoms with Crippen LogP contribution in [0.25, 0.3) is 28.3 Å². The van der Waals surface area contributed by atoms with Gasteiger partial charge in [-0.2, -0.15) is 0 Å². The lowest BCUT2D eigenvalue weighted by Gasteiger charge is -2.28. The molecule has 0 fully saturated rings. The van der Waals surface area contributed by atoms with Gasteiger partial charge in [-0.05, 0) is 112 Å². The summed E-state index contributed by atoms with van der Waals surface area (Å²) in [7, 11) is 0. The Morgan fingerprint density at radius 3 is 1.83 bits per heavy atom. The summed E-state index contributed by atoms with van der Waals surface area (Å²) in [6, 6.07) is 44.4. The van der Waals surface area contributed by atoms with Crippen molar-refractivity contribution in [2.75, 3.05) is 4.90 Å². The molecule has 0 aromatic heterocycles. The molecule has 3 aliphatic carbocycles. The minimum absolute atomic E-state index is 0.106. The largest absolute Gasteiger partial charge is 0.310 e. The SMILES string of the molecule is CC1(C)c2cc(/C=C/C3C=CC(c4ccc(C5=CCCC=C5)cc4)=CC3)ccc2-c2ccc(N(c3ccccc3)c3ccccc3)cc21. The molecule has 234 valence electrons. The van der Waals surface area contributed by atoms with Crippen LogP contribution in [-0.4, -0.2) is 0 Å². The molecule has 0 radical (unpaired) electrons. The van der Waals surface area contributed by atoms with Crippen LogP contribution in [0.15, 0.2) is 164 Å². The molecule has 48 heavy (non-hydrogen) atoms. The molecule has 0 N–H and O–H groups in total. The van der Waals surface area contributed by atoms with Crippen molar-refractivity contribution in [1.29, 1.82) is 0 Å².